The van der Waals surface area contributed by atoms with E-state index in [1.165, 1.54) is 0 Å². The van der Waals surface area contributed by atoms with Crippen LogP contribution in [-0.4, -0.2) is 16.0 Å². The Balaban J connectivity index is 2.65. The maximum Gasteiger partial charge on any atom is 0.248 e. The lowest BCUT2D eigenvalue weighted by atomic mass is 9.94. The van der Waals surface area contributed by atoms with Gasteiger partial charge >= 0.3 is 0 Å². The molecule has 5 nitrogen and oxygen atoms in total. The van der Waals surface area contributed by atoms with E-state index in [1.54, 1.807) is 6.07 Å². The Kier molecular flexibility index (Phi) is 3.85. The fourth-order valence-electron chi connectivity index (χ4n) is 2.05. The number of carbonyl (C=O) groups excluding carboxylic acids is 1. The summed E-state index contributed by atoms with van der Waals surface area (Å²) in [5, 5.41) is 3.90. The molecule has 100 valence electrons. The Bertz CT molecular complexity index is 622. The highest BCUT2D eigenvalue weighted by Crippen LogP contribution is 2.28. The standard InChI is InChI=1S/C13H14ClN3O2/c1-3-8-4-5-9(12(15)18)7(2)11(8)13-16-10(6-14)19-17-13/h4-5H,3,6H2,1-2H3,(H2,15,18). The quantitative estimate of drug-likeness (QED) is 0.872. The molecule has 0 bridgehead atoms. The molecule has 0 saturated carbocycles. The molecule has 1 heterocycles. The fraction of sp³-hybridized carbons (Fsp3) is 0.308. The van der Waals surface area contributed by atoms with Crippen molar-refractivity contribution in [3.05, 3.63) is 34.7 Å². The van der Waals surface area contributed by atoms with E-state index in [0.717, 1.165) is 23.1 Å². The van der Waals surface area contributed by atoms with Crippen molar-refractivity contribution in [1.82, 2.24) is 10.1 Å². The summed E-state index contributed by atoms with van der Waals surface area (Å²) < 4.78 is 5.01. The van der Waals surface area contributed by atoms with Gasteiger partial charge in [-0.05, 0) is 30.5 Å². The first kappa shape index (κ1) is 13.5. The zero-order valence-corrected chi connectivity index (χ0v) is 11.5. The van der Waals surface area contributed by atoms with Crippen LogP contribution in [-0.2, 0) is 12.3 Å². The van der Waals surface area contributed by atoms with E-state index < -0.39 is 5.91 Å². The molecule has 0 aliphatic rings. The van der Waals surface area contributed by atoms with Crippen molar-refractivity contribution in [2.75, 3.05) is 0 Å². The summed E-state index contributed by atoms with van der Waals surface area (Å²) >= 11 is 5.65. The van der Waals surface area contributed by atoms with Gasteiger partial charge in [-0.3, -0.25) is 4.79 Å². The first-order chi connectivity index (χ1) is 9.08. The van der Waals surface area contributed by atoms with Gasteiger partial charge in [0.25, 0.3) is 0 Å². The number of aromatic nitrogens is 2. The first-order valence-electron chi connectivity index (χ1n) is 5.89. The monoisotopic (exact) mass is 279 g/mol. The van der Waals surface area contributed by atoms with E-state index >= 15 is 0 Å². The van der Waals surface area contributed by atoms with Crippen LogP contribution in [0.3, 0.4) is 0 Å². The van der Waals surface area contributed by atoms with Crippen molar-refractivity contribution in [3.63, 3.8) is 0 Å². The second kappa shape index (κ2) is 5.40. The number of amides is 1. The van der Waals surface area contributed by atoms with Crippen LogP contribution < -0.4 is 5.73 Å². The molecule has 1 aromatic carbocycles. The summed E-state index contributed by atoms with van der Waals surface area (Å²) in [4.78, 5) is 15.6. The molecule has 2 N–H and O–H groups in total. The van der Waals surface area contributed by atoms with Crippen LogP contribution in [0.5, 0.6) is 0 Å². The van der Waals surface area contributed by atoms with Gasteiger partial charge in [-0.25, -0.2) is 0 Å². The fourth-order valence-corrected chi connectivity index (χ4v) is 2.16. The van der Waals surface area contributed by atoms with Gasteiger partial charge in [-0.1, -0.05) is 18.1 Å². The molecule has 0 radical (unpaired) electrons. The molecule has 0 unspecified atom stereocenters. The van der Waals surface area contributed by atoms with E-state index in [9.17, 15) is 4.79 Å². The van der Waals surface area contributed by atoms with Gasteiger partial charge in [-0.15, -0.1) is 11.6 Å². The van der Waals surface area contributed by atoms with Gasteiger partial charge < -0.3 is 10.3 Å². The van der Waals surface area contributed by atoms with Crippen molar-refractivity contribution in [3.8, 4) is 11.4 Å². The highest BCUT2D eigenvalue weighted by Gasteiger charge is 2.18. The number of benzene rings is 1. The molecule has 0 aliphatic heterocycles. The van der Waals surface area contributed by atoms with Crippen molar-refractivity contribution < 1.29 is 9.32 Å². The molecule has 0 spiro atoms. The number of nitrogens with zero attached hydrogens (tertiary/aromatic N) is 2. The molecule has 0 atom stereocenters. The highest BCUT2D eigenvalue weighted by atomic mass is 35.5. The molecular formula is C13H14ClN3O2. The van der Waals surface area contributed by atoms with Crippen LogP contribution in [0, 0.1) is 6.92 Å². The van der Waals surface area contributed by atoms with Crippen LogP contribution in [0.2, 0.25) is 0 Å². The minimum atomic E-state index is -0.470. The average molecular weight is 280 g/mol. The van der Waals surface area contributed by atoms with Gasteiger partial charge in [0.1, 0.15) is 5.88 Å². The molecule has 0 saturated heterocycles. The third kappa shape index (κ3) is 2.46. The van der Waals surface area contributed by atoms with Crippen molar-refractivity contribution in [1.29, 1.82) is 0 Å². The second-order valence-electron chi connectivity index (χ2n) is 4.14. The predicted octanol–water partition coefficient (Wildman–Crippen LogP) is 2.45. The SMILES string of the molecule is CCc1ccc(C(N)=O)c(C)c1-c1noc(CCl)n1. The molecule has 0 aliphatic carbocycles. The predicted molar refractivity (Wildman–Crippen MR) is 71.9 cm³/mol. The topological polar surface area (TPSA) is 82.0 Å². The average Bonchev–Trinajstić information content (AvgIpc) is 2.86. The zero-order chi connectivity index (χ0) is 14.0. The molecule has 1 amide bonds. The van der Waals surface area contributed by atoms with Gasteiger partial charge in [-0.2, -0.15) is 4.98 Å². The summed E-state index contributed by atoms with van der Waals surface area (Å²) in [6.45, 7) is 3.84. The first-order valence-corrected chi connectivity index (χ1v) is 6.43. The van der Waals surface area contributed by atoms with Crippen LogP contribution in [0.1, 0.15) is 34.3 Å². The lowest BCUT2D eigenvalue weighted by Crippen LogP contribution is -2.14. The normalized spacial score (nSPS) is 10.7. The van der Waals surface area contributed by atoms with Crippen molar-refractivity contribution >= 4 is 17.5 Å². The van der Waals surface area contributed by atoms with Gasteiger partial charge in [0.05, 0.1) is 0 Å². The summed E-state index contributed by atoms with van der Waals surface area (Å²) in [5.74, 6) is 0.474. The molecule has 1 aromatic heterocycles. The summed E-state index contributed by atoms with van der Waals surface area (Å²) in [6, 6.07) is 3.59. The highest BCUT2D eigenvalue weighted by molar-refractivity contribution is 6.16. The Morgan fingerprint density at radius 2 is 2.21 bits per heavy atom. The van der Waals surface area contributed by atoms with E-state index in [2.05, 4.69) is 10.1 Å². The summed E-state index contributed by atoms with van der Waals surface area (Å²) in [6.07, 6.45) is 0.792. The Hall–Kier alpha value is -1.88. The maximum atomic E-state index is 11.4. The number of halogens is 1. The largest absolute Gasteiger partial charge is 0.366 e. The third-order valence-corrected chi connectivity index (χ3v) is 3.23. The maximum absolute atomic E-state index is 11.4. The number of alkyl halides is 1. The number of hydrogen-bond donors (Lipinski definition) is 1. The van der Waals surface area contributed by atoms with Crippen LogP contribution in [0.25, 0.3) is 11.4 Å². The number of nitrogens with two attached hydrogens (primary N) is 1. The molecule has 19 heavy (non-hydrogen) atoms. The van der Waals surface area contributed by atoms with E-state index in [4.69, 9.17) is 21.9 Å². The number of rotatable bonds is 4. The van der Waals surface area contributed by atoms with Crippen molar-refractivity contribution in [2.24, 2.45) is 5.73 Å². The van der Waals surface area contributed by atoms with E-state index in [1.807, 2.05) is 19.9 Å². The Labute approximate surface area is 115 Å². The second-order valence-corrected chi connectivity index (χ2v) is 4.40. The molecular weight excluding hydrogens is 266 g/mol. The minimum Gasteiger partial charge on any atom is -0.366 e. The van der Waals surface area contributed by atoms with Gasteiger partial charge in [0, 0.05) is 11.1 Å². The van der Waals surface area contributed by atoms with Gasteiger partial charge in [0.15, 0.2) is 0 Å². The van der Waals surface area contributed by atoms with E-state index in [-0.39, 0.29) is 5.88 Å². The number of aryl methyl sites for hydroxylation is 1. The summed E-state index contributed by atoms with van der Waals surface area (Å²) in [7, 11) is 0. The molecule has 6 heteroatoms. The summed E-state index contributed by atoms with van der Waals surface area (Å²) in [5.41, 5.74) is 8.40. The van der Waals surface area contributed by atoms with E-state index in [0.29, 0.717) is 17.3 Å². The minimum absolute atomic E-state index is 0.156. The lowest BCUT2D eigenvalue weighted by Gasteiger charge is -2.11. The molecule has 2 rings (SSSR count). The number of hydrogen-bond acceptors (Lipinski definition) is 4. The molecule has 0 fully saturated rings. The zero-order valence-electron chi connectivity index (χ0n) is 10.7. The molecule has 2 aromatic rings. The van der Waals surface area contributed by atoms with Crippen LogP contribution >= 0.6 is 11.6 Å². The Morgan fingerprint density at radius 1 is 1.47 bits per heavy atom. The van der Waals surface area contributed by atoms with Crippen LogP contribution in [0.15, 0.2) is 16.7 Å². The van der Waals surface area contributed by atoms with Gasteiger partial charge in [0.2, 0.25) is 17.6 Å². The van der Waals surface area contributed by atoms with Crippen molar-refractivity contribution in [2.45, 2.75) is 26.1 Å². The number of carbonyl (C=O) groups is 1. The van der Waals surface area contributed by atoms with Crippen LogP contribution in [0.4, 0.5) is 0 Å². The third-order valence-electron chi connectivity index (χ3n) is 3.00. The lowest BCUT2D eigenvalue weighted by molar-refractivity contribution is 0.0999. The smallest absolute Gasteiger partial charge is 0.248 e. The Morgan fingerprint density at radius 3 is 2.74 bits per heavy atom. The number of primary amides is 1.